The van der Waals surface area contributed by atoms with E-state index in [1.165, 1.54) is 22.1 Å². The summed E-state index contributed by atoms with van der Waals surface area (Å²) in [5, 5.41) is 2.47. The van der Waals surface area contributed by atoms with E-state index in [9.17, 15) is 0 Å². The molecule has 0 aliphatic carbocycles. The number of hydrogen-bond donors (Lipinski definition) is 2. The molecule has 3 aromatic rings. The Morgan fingerprint density at radius 1 is 1.08 bits per heavy atom. The van der Waals surface area contributed by atoms with Gasteiger partial charge < -0.3 is 10.7 Å². The number of H-pyrrole nitrogens is 1. The molecule has 0 fully saturated rings. The molecule has 0 amide bonds. The van der Waals surface area contributed by atoms with Gasteiger partial charge in [0, 0.05) is 16.5 Å². The summed E-state index contributed by atoms with van der Waals surface area (Å²) in [6.45, 7) is 5.00. The summed E-state index contributed by atoms with van der Waals surface area (Å²) in [7, 11) is 0. The number of fused-ring (bicyclic) bond motifs is 1. The Kier molecular flexibility index (Phi) is 5.19. The fourth-order valence-corrected chi connectivity index (χ4v) is 3.82. The molecule has 2 aromatic carbocycles. The summed E-state index contributed by atoms with van der Waals surface area (Å²) in [5.74, 6) is 0. The molecule has 24 heavy (non-hydrogen) atoms. The number of aromatic amines is 1. The molecule has 2 nitrogen and oxygen atoms in total. The van der Waals surface area contributed by atoms with Crippen LogP contribution in [0.2, 0.25) is 10.0 Å². The lowest BCUT2D eigenvalue weighted by Crippen LogP contribution is -1.99. The fraction of sp³-hybridized carbons (Fsp3) is 0.300. The summed E-state index contributed by atoms with van der Waals surface area (Å²) >= 11 is 12.7. The molecule has 0 atom stereocenters. The van der Waals surface area contributed by atoms with Crippen LogP contribution >= 0.6 is 23.2 Å². The smallest absolute Gasteiger partial charge is 0.0685 e. The van der Waals surface area contributed by atoms with Gasteiger partial charge in [-0.3, -0.25) is 0 Å². The zero-order valence-corrected chi connectivity index (χ0v) is 15.6. The second-order valence-corrected chi connectivity index (χ2v) is 7.12. The predicted molar refractivity (Wildman–Crippen MR) is 105 cm³/mol. The number of hydrogen-bond acceptors (Lipinski definition) is 1. The number of halogens is 2. The minimum atomic E-state index is 0.577. The molecule has 126 valence electrons. The van der Waals surface area contributed by atoms with E-state index in [0.717, 1.165) is 36.0 Å². The molecule has 0 aliphatic heterocycles. The first-order valence-corrected chi connectivity index (χ1v) is 9.04. The van der Waals surface area contributed by atoms with Crippen LogP contribution in [0.15, 0.2) is 30.3 Å². The Hall–Kier alpha value is -1.48. The van der Waals surface area contributed by atoms with Crippen LogP contribution in [0.5, 0.6) is 0 Å². The van der Waals surface area contributed by atoms with Gasteiger partial charge in [-0.2, -0.15) is 0 Å². The maximum Gasteiger partial charge on any atom is 0.0685 e. The average molecular weight is 361 g/mol. The third-order valence-corrected chi connectivity index (χ3v) is 5.26. The van der Waals surface area contributed by atoms with E-state index in [2.05, 4.69) is 31.0 Å². The summed E-state index contributed by atoms with van der Waals surface area (Å²) in [5.41, 5.74) is 12.7. The second kappa shape index (κ2) is 7.18. The lowest BCUT2D eigenvalue weighted by molar-refractivity contribution is 0.748. The number of rotatable bonds is 5. The second-order valence-electron chi connectivity index (χ2n) is 6.33. The highest BCUT2D eigenvalue weighted by atomic mass is 35.5. The van der Waals surface area contributed by atoms with E-state index in [1.54, 1.807) is 0 Å². The zero-order valence-electron chi connectivity index (χ0n) is 14.0. The highest BCUT2D eigenvalue weighted by Gasteiger charge is 2.18. The third kappa shape index (κ3) is 3.19. The van der Waals surface area contributed by atoms with Crippen LogP contribution in [0.1, 0.15) is 29.5 Å². The van der Waals surface area contributed by atoms with Gasteiger partial charge in [-0.1, -0.05) is 41.4 Å². The summed E-state index contributed by atoms with van der Waals surface area (Å²) in [4.78, 5) is 3.58. The lowest BCUT2D eigenvalue weighted by Gasteiger charge is -2.09. The predicted octanol–water partition coefficient (Wildman–Crippen LogP) is 6.04. The normalized spacial score (nSPS) is 11.4. The van der Waals surface area contributed by atoms with Gasteiger partial charge >= 0.3 is 0 Å². The van der Waals surface area contributed by atoms with Crippen LogP contribution in [0.4, 0.5) is 0 Å². The van der Waals surface area contributed by atoms with Crippen molar-refractivity contribution in [2.75, 3.05) is 6.54 Å². The molecule has 0 bridgehead atoms. The molecule has 0 radical (unpaired) electrons. The van der Waals surface area contributed by atoms with Crippen molar-refractivity contribution in [2.45, 2.75) is 33.1 Å². The quantitative estimate of drug-likeness (QED) is 0.535. The van der Waals surface area contributed by atoms with Gasteiger partial charge in [0.1, 0.15) is 0 Å². The number of nitrogens with one attached hydrogen (secondary N) is 1. The lowest BCUT2D eigenvalue weighted by atomic mass is 9.97. The minimum Gasteiger partial charge on any atom is -0.354 e. The van der Waals surface area contributed by atoms with Crippen molar-refractivity contribution in [3.05, 3.63) is 57.1 Å². The van der Waals surface area contributed by atoms with Crippen molar-refractivity contribution in [2.24, 2.45) is 5.73 Å². The summed E-state index contributed by atoms with van der Waals surface area (Å²) in [6.07, 6.45) is 3.04. The topological polar surface area (TPSA) is 41.8 Å². The molecule has 4 heteroatoms. The van der Waals surface area contributed by atoms with Gasteiger partial charge in [0.05, 0.1) is 15.7 Å². The van der Waals surface area contributed by atoms with E-state index in [1.807, 2.05) is 18.2 Å². The zero-order chi connectivity index (χ0) is 17.3. The maximum absolute atomic E-state index is 6.49. The molecular weight excluding hydrogens is 339 g/mol. The largest absolute Gasteiger partial charge is 0.354 e. The fourth-order valence-electron chi connectivity index (χ4n) is 3.42. The van der Waals surface area contributed by atoms with E-state index < -0.39 is 0 Å². The Bertz CT molecular complexity index is 881. The van der Waals surface area contributed by atoms with Gasteiger partial charge in [-0.25, -0.2) is 0 Å². The molecule has 3 N–H and O–H groups in total. The number of aromatic nitrogens is 1. The van der Waals surface area contributed by atoms with Gasteiger partial charge in [0.15, 0.2) is 0 Å². The van der Waals surface area contributed by atoms with E-state index >= 15 is 0 Å². The van der Waals surface area contributed by atoms with E-state index in [-0.39, 0.29) is 0 Å². The maximum atomic E-state index is 6.49. The molecule has 0 saturated heterocycles. The highest BCUT2D eigenvalue weighted by Crippen LogP contribution is 2.39. The van der Waals surface area contributed by atoms with Crippen molar-refractivity contribution in [3.63, 3.8) is 0 Å². The Labute approximate surface area is 153 Å². The molecule has 1 heterocycles. The average Bonchev–Trinajstić information content (AvgIpc) is 2.89. The number of nitrogens with two attached hydrogens (primary N) is 1. The van der Waals surface area contributed by atoms with Crippen LogP contribution in [0, 0.1) is 13.8 Å². The Balaban J connectivity index is 2.24. The number of unbranched alkanes of at least 4 members (excludes halogenated alkanes) is 1. The number of aryl methyl sites for hydroxylation is 3. The molecular formula is C20H22Cl2N2. The Morgan fingerprint density at radius 2 is 1.88 bits per heavy atom. The SMILES string of the molecule is Cc1cc(C)c2c(CCCCN)c(-c3cccc(Cl)c3Cl)[nH]c2c1. The number of benzene rings is 2. The van der Waals surface area contributed by atoms with Crippen LogP contribution in [-0.4, -0.2) is 11.5 Å². The van der Waals surface area contributed by atoms with Crippen molar-refractivity contribution in [3.8, 4) is 11.3 Å². The minimum absolute atomic E-state index is 0.577. The standard InChI is InChI=1S/C20H22Cl2N2/c1-12-10-13(2)18-14(6-3-4-9-23)20(24-17(18)11-12)15-7-5-8-16(21)19(15)22/h5,7-8,10-11,24H,3-4,6,9,23H2,1-2H3. The van der Waals surface area contributed by atoms with Crippen molar-refractivity contribution >= 4 is 34.1 Å². The van der Waals surface area contributed by atoms with Gasteiger partial charge in [0.25, 0.3) is 0 Å². The van der Waals surface area contributed by atoms with E-state index in [4.69, 9.17) is 28.9 Å². The van der Waals surface area contributed by atoms with Crippen molar-refractivity contribution < 1.29 is 0 Å². The van der Waals surface area contributed by atoms with Crippen LogP contribution in [0.3, 0.4) is 0 Å². The molecule has 0 saturated carbocycles. The molecule has 0 aliphatic rings. The van der Waals surface area contributed by atoms with Gasteiger partial charge in [0.2, 0.25) is 0 Å². The molecule has 1 aromatic heterocycles. The summed E-state index contributed by atoms with van der Waals surface area (Å²) in [6, 6.07) is 10.2. The molecule has 0 unspecified atom stereocenters. The Morgan fingerprint density at radius 3 is 2.62 bits per heavy atom. The van der Waals surface area contributed by atoms with Crippen LogP contribution < -0.4 is 5.73 Å². The first-order valence-electron chi connectivity index (χ1n) is 8.29. The first-order chi connectivity index (χ1) is 11.5. The third-order valence-electron chi connectivity index (χ3n) is 4.44. The monoisotopic (exact) mass is 360 g/mol. The molecule has 0 spiro atoms. The highest BCUT2D eigenvalue weighted by molar-refractivity contribution is 6.43. The summed E-state index contributed by atoms with van der Waals surface area (Å²) < 4.78 is 0. The van der Waals surface area contributed by atoms with Crippen molar-refractivity contribution in [1.29, 1.82) is 0 Å². The van der Waals surface area contributed by atoms with Crippen LogP contribution in [0.25, 0.3) is 22.2 Å². The first kappa shape index (κ1) is 17.3. The van der Waals surface area contributed by atoms with E-state index in [0.29, 0.717) is 16.6 Å². The van der Waals surface area contributed by atoms with Crippen LogP contribution in [-0.2, 0) is 6.42 Å². The van der Waals surface area contributed by atoms with Gasteiger partial charge in [-0.05, 0) is 68.5 Å². The molecule has 3 rings (SSSR count). The van der Waals surface area contributed by atoms with Crippen molar-refractivity contribution in [1.82, 2.24) is 4.98 Å². The van der Waals surface area contributed by atoms with Gasteiger partial charge in [-0.15, -0.1) is 0 Å².